The summed E-state index contributed by atoms with van der Waals surface area (Å²) in [4.78, 5) is 17.5. The number of halogens is 1. The van der Waals surface area contributed by atoms with Gasteiger partial charge in [-0.3, -0.25) is 14.1 Å². The first-order valence-corrected chi connectivity index (χ1v) is 12.5. The molecule has 0 radical (unpaired) electrons. The molecule has 2 heterocycles. The van der Waals surface area contributed by atoms with Crippen molar-refractivity contribution < 1.29 is 13.2 Å². The topological polar surface area (TPSA) is 79.4 Å². The standard InChI is InChI=1S/C25H20ClN3O3S/c26-23-16-20(29-13-4-14-33(29,31)32)9-10-22(23)25(30)28-19-7-3-6-18(15-19)24-21-8-2-1-5-17(21)11-12-27-24/h1-3,5-12,15-16H,4,13-14H2,(H,28,30). The molecule has 0 spiro atoms. The number of carbonyl (C=O) groups is 1. The van der Waals surface area contributed by atoms with Crippen molar-refractivity contribution in [3.8, 4) is 11.3 Å². The van der Waals surface area contributed by atoms with Gasteiger partial charge >= 0.3 is 0 Å². The van der Waals surface area contributed by atoms with Gasteiger partial charge in [0.15, 0.2) is 0 Å². The molecule has 6 nitrogen and oxygen atoms in total. The van der Waals surface area contributed by atoms with E-state index in [4.69, 9.17) is 11.6 Å². The normalized spacial score (nSPS) is 15.0. The molecule has 4 aromatic rings. The van der Waals surface area contributed by atoms with Gasteiger partial charge in [-0.2, -0.15) is 0 Å². The molecule has 3 aromatic carbocycles. The van der Waals surface area contributed by atoms with E-state index in [1.54, 1.807) is 24.4 Å². The zero-order valence-corrected chi connectivity index (χ0v) is 19.1. The third-order valence-corrected chi connectivity index (χ3v) is 7.83. The Kier molecular flexibility index (Phi) is 5.52. The molecule has 0 atom stereocenters. The number of rotatable bonds is 4. The number of nitrogens with zero attached hydrogens (tertiary/aromatic N) is 2. The minimum absolute atomic E-state index is 0.120. The highest BCUT2D eigenvalue weighted by molar-refractivity contribution is 7.93. The molecule has 1 fully saturated rings. The fourth-order valence-corrected chi connectivity index (χ4v) is 5.88. The molecule has 166 valence electrons. The largest absolute Gasteiger partial charge is 0.322 e. The molecule has 1 aliphatic heterocycles. The summed E-state index contributed by atoms with van der Waals surface area (Å²) in [6, 6.07) is 22.1. The van der Waals surface area contributed by atoms with Crippen LogP contribution in [0.15, 0.2) is 79.0 Å². The van der Waals surface area contributed by atoms with Gasteiger partial charge in [0, 0.05) is 29.4 Å². The van der Waals surface area contributed by atoms with E-state index in [9.17, 15) is 13.2 Å². The third-order valence-electron chi connectivity index (χ3n) is 5.65. The zero-order chi connectivity index (χ0) is 23.0. The van der Waals surface area contributed by atoms with Crippen LogP contribution in [-0.2, 0) is 10.0 Å². The summed E-state index contributed by atoms with van der Waals surface area (Å²) in [5.74, 6) is -0.256. The van der Waals surface area contributed by atoms with Crippen molar-refractivity contribution in [1.29, 1.82) is 0 Å². The smallest absolute Gasteiger partial charge is 0.257 e. The number of fused-ring (bicyclic) bond motifs is 1. The molecular weight excluding hydrogens is 458 g/mol. The second-order valence-corrected chi connectivity index (χ2v) is 10.2. The number of nitrogens with one attached hydrogen (secondary N) is 1. The number of aromatic nitrogens is 1. The molecule has 0 unspecified atom stereocenters. The van der Waals surface area contributed by atoms with E-state index >= 15 is 0 Å². The average molecular weight is 478 g/mol. The summed E-state index contributed by atoms with van der Waals surface area (Å²) in [6.07, 6.45) is 2.34. The summed E-state index contributed by atoms with van der Waals surface area (Å²) in [6.45, 7) is 0.416. The highest BCUT2D eigenvalue weighted by Gasteiger charge is 2.29. The third kappa shape index (κ3) is 4.17. The number of pyridine rings is 1. The van der Waals surface area contributed by atoms with Gasteiger partial charge in [0.05, 0.1) is 27.7 Å². The van der Waals surface area contributed by atoms with Crippen LogP contribution < -0.4 is 9.62 Å². The maximum Gasteiger partial charge on any atom is 0.257 e. The van der Waals surface area contributed by atoms with Crippen LogP contribution in [0.25, 0.3) is 22.0 Å². The quantitative estimate of drug-likeness (QED) is 0.430. The van der Waals surface area contributed by atoms with Gasteiger partial charge < -0.3 is 5.32 Å². The number of hydrogen-bond acceptors (Lipinski definition) is 4. The van der Waals surface area contributed by atoms with Crippen LogP contribution in [0, 0.1) is 0 Å². The Morgan fingerprint density at radius 2 is 1.85 bits per heavy atom. The monoisotopic (exact) mass is 477 g/mol. The Labute approximate surface area is 196 Å². The molecule has 1 aromatic heterocycles. The van der Waals surface area contributed by atoms with Gasteiger partial charge in [0.25, 0.3) is 5.91 Å². The van der Waals surface area contributed by atoms with Crippen molar-refractivity contribution in [2.45, 2.75) is 6.42 Å². The maximum atomic E-state index is 12.9. The fourth-order valence-electron chi connectivity index (χ4n) is 4.07. The number of carbonyl (C=O) groups excluding carboxylic acids is 1. The highest BCUT2D eigenvalue weighted by atomic mass is 35.5. The Hall–Kier alpha value is -3.42. The van der Waals surface area contributed by atoms with E-state index in [0.29, 0.717) is 24.3 Å². The molecule has 33 heavy (non-hydrogen) atoms. The second-order valence-electron chi connectivity index (χ2n) is 7.82. The Bertz CT molecular complexity index is 1480. The van der Waals surface area contributed by atoms with Crippen LogP contribution in [0.5, 0.6) is 0 Å². The Morgan fingerprint density at radius 1 is 1.00 bits per heavy atom. The lowest BCUT2D eigenvalue weighted by Crippen LogP contribution is -2.25. The van der Waals surface area contributed by atoms with Crippen LogP contribution in [0.4, 0.5) is 11.4 Å². The summed E-state index contributed by atoms with van der Waals surface area (Å²) in [7, 11) is -3.32. The maximum absolute atomic E-state index is 12.9. The SMILES string of the molecule is O=C(Nc1cccc(-c2nccc3ccccc23)c1)c1ccc(N2CCCS2(=O)=O)cc1Cl. The number of sulfonamides is 1. The first-order valence-electron chi connectivity index (χ1n) is 10.5. The summed E-state index contributed by atoms with van der Waals surface area (Å²) in [5.41, 5.74) is 3.06. The van der Waals surface area contributed by atoms with E-state index in [0.717, 1.165) is 22.0 Å². The predicted octanol–water partition coefficient (Wildman–Crippen LogP) is 5.35. The second kappa shape index (κ2) is 8.50. The van der Waals surface area contributed by atoms with Crippen LogP contribution in [0.3, 0.4) is 0 Å². The van der Waals surface area contributed by atoms with E-state index in [-0.39, 0.29) is 22.2 Å². The van der Waals surface area contributed by atoms with Crippen molar-refractivity contribution in [2.75, 3.05) is 21.9 Å². The van der Waals surface area contributed by atoms with Gasteiger partial charge in [0.1, 0.15) is 0 Å². The van der Waals surface area contributed by atoms with Crippen molar-refractivity contribution >= 4 is 49.7 Å². The molecule has 8 heteroatoms. The van der Waals surface area contributed by atoms with Gasteiger partial charge in [0.2, 0.25) is 10.0 Å². The molecule has 1 saturated heterocycles. The Morgan fingerprint density at radius 3 is 2.64 bits per heavy atom. The van der Waals surface area contributed by atoms with E-state index in [2.05, 4.69) is 10.3 Å². The Balaban J connectivity index is 1.41. The van der Waals surface area contributed by atoms with Crippen molar-refractivity contribution in [3.63, 3.8) is 0 Å². The van der Waals surface area contributed by atoms with Gasteiger partial charge in [-0.25, -0.2) is 8.42 Å². The summed E-state index contributed by atoms with van der Waals surface area (Å²) in [5, 5.41) is 5.19. The van der Waals surface area contributed by atoms with Crippen LogP contribution in [0.1, 0.15) is 16.8 Å². The van der Waals surface area contributed by atoms with Gasteiger partial charge in [-0.1, -0.05) is 48.0 Å². The zero-order valence-electron chi connectivity index (χ0n) is 17.5. The molecule has 1 amide bonds. The predicted molar refractivity (Wildman–Crippen MR) is 132 cm³/mol. The number of benzene rings is 3. The number of anilines is 2. The number of amides is 1. The lowest BCUT2D eigenvalue weighted by atomic mass is 10.0. The molecule has 1 N–H and O–H groups in total. The van der Waals surface area contributed by atoms with Crippen molar-refractivity contribution in [3.05, 3.63) is 89.6 Å². The van der Waals surface area contributed by atoms with E-state index < -0.39 is 10.0 Å². The van der Waals surface area contributed by atoms with Crippen molar-refractivity contribution in [2.24, 2.45) is 0 Å². The highest BCUT2D eigenvalue weighted by Crippen LogP contribution is 2.30. The first kappa shape index (κ1) is 21.4. The van der Waals surface area contributed by atoms with E-state index in [1.165, 1.54) is 10.4 Å². The van der Waals surface area contributed by atoms with Crippen molar-refractivity contribution in [1.82, 2.24) is 4.98 Å². The van der Waals surface area contributed by atoms with Gasteiger partial charge in [-0.15, -0.1) is 0 Å². The molecule has 0 saturated carbocycles. The molecule has 0 bridgehead atoms. The lowest BCUT2D eigenvalue weighted by Gasteiger charge is -2.18. The molecule has 1 aliphatic rings. The van der Waals surface area contributed by atoms with E-state index in [1.807, 2.05) is 48.5 Å². The molecule has 5 rings (SSSR count). The van der Waals surface area contributed by atoms with Gasteiger partial charge in [-0.05, 0) is 48.2 Å². The minimum atomic E-state index is -3.32. The van der Waals surface area contributed by atoms with Crippen LogP contribution in [0.2, 0.25) is 5.02 Å². The molecule has 0 aliphatic carbocycles. The summed E-state index contributed by atoms with van der Waals surface area (Å²) >= 11 is 6.36. The molecular formula is C25H20ClN3O3S. The van der Waals surface area contributed by atoms with Crippen LogP contribution in [-0.4, -0.2) is 31.6 Å². The summed E-state index contributed by atoms with van der Waals surface area (Å²) < 4.78 is 25.7. The van der Waals surface area contributed by atoms with Crippen LogP contribution >= 0.6 is 11.6 Å². The minimum Gasteiger partial charge on any atom is -0.322 e. The number of hydrogen-bond donors (Lipinski definition) is 1. The lowest BCUT2D eigenvalue weighted by molar-refractivity contribution is 0.102. The first-order chi connectivity index (χ1) is 15.9. The fraction of sp³-hybridized carbons (Fsp3) is 0.120. The average Bonchev–Trinajstić information content (AvgIpc) is 3.17.